The van der Waals surface area contributed by atoms with Crippen LogP contribution in [-0.4, -0.2) is 52.2 Å². The van der Waals surface area contributed by atoms with Crippen molar-refractivity contribution in [1.29, 1.82) is 0 Å². The maximum Gasteiger partial charge on any atom is 0.272 e. The number of aromatic nitrogens is 2. The van der Waals surface area contributed by atoms with Crippen LogP contribution in [0.2, 0.25) is 0 Å². The van der Waals surface area contributed by atoms with E-state index in [4.69, 9.17) is 4.74 Å². The molecule has 1 aliphatic heterocycles. The molecular weight excluding hydrogens is 296 g/mol. The van der Waals surface area contributed by atoms with E-state index in [-0.39, 0.29) is 24.5 Å². The molecule has 23 heavy (non-hydrogen) atoms. The van der Waals surface area contributed by atoms with Crippen molar-refractivity contribution in [3.63, 3.8) is 0 Å². The Hall–Kier alpha value is -2.05. The number of hydrogen-bond acceptors (Lipinski definition) is 4. The summed E-state index contributed by atoms with van der Waals surface area (Å²) in [5.74, 6) is 0.174. The molecule has 2 heterocycles. The van der Waals surface area contributed by atoms with E-state index in [0.717, 1.165) is 32.4 Å². The first-order chi connectivity index (χ1) is 11.0. The summed E-state index contributed by atoms with van der Waals surface area (Å²) in [5, 5.41) is 7.00. The normalized spacial score (nSPS) is 16.0. The fraction of sp³-hybridized carbons (Fsp3) is 0.688. The lowest BCUT2D eigenvalue weighted by Crippen LogP contribution is -2.38. The minimum atomic E-state index is -0.229. The van der Waals surface area contributed by atoms with Gasteiger partial charge in [-0.15, -0.1) is 0 Å². The molecule has 2 rings (SSSR count). The minimum Gasteiger partial charge on any atom is -0.468 e. The van der Waals surface area contributed by atoms with E-state index in [1.807, 2.05) is 18.7 Å². The summed E-state index contributed by atoms with van der Waals surface area (Å²) in [6, 6.07) is 1.66. The Labute approximate surface area is 137 Å². The fourth-order valence-corrected chi connectivity index (χ4v) is 2.47. The summed E-state index contributed by atoms with van der Waals surface area (Å²) >= 11 is 0. The number of piperidine rings is 1. The Morgan fingerprint density at radius 3 is 2.70 bits per heavy atom. The summed E-state index contributed by atoms with van der Waals surface area (Å²) in [4.78, 5) is 26.0. The standard InChI is InChI=1S/C16H26N4O3/c1-4-12(2)17-16(22)13-10-15(19(3)18-13)23-11-14(21)20-8-6-5-7-9-20/h10,12H,4-9,11H2,1-3H3,(H,17,22). The molecule has 0 radical (unpaired) electrons. The van der Waals surface area contributed by atoms with E-state index in [0.29, 0.717) is 11.6 Å². The molecule has 0 aromatic carbocycles. The molecule has 0 aliphatic carbocycles. The van der Waals surface area contributed by atoms with Crippen LogP contribution in [0.25, 0.3) is 0 Å². The zero-order chi connectivity index (χ0) is 16.8. The van der Waals surface area contributed by atoms with Gasteiger partial charge in [0.05, 0.1) is 0 Å². The lowest BCUT2D eigenvalue weighted by molar-refractivity contribution is -0.134. The van der Waals surface area contributed by atoms with Crippen molar-refractivity contribution >= 4 is 11.8 Å². The number of carbonyl (C=O) groups excluding carboxylic acids is 2. The molecule has 0 bridgehead atoms. The maximum absolute atomic E-state index is 12.1. The van der Waals surface area contributed by atoms with Crippen LogP contribution in [0, 0.1) is 0 Å². The zero-order valence-electron chi connectivity index (χ0n) is 14.2. The van der Waals surface area contributed by atoms with Gasteiger partial charge >= 0.3 is 0 Å². The highest BCUT2D eigenvalue weighted by Gasteiger charge is 2.19. The van der Waals surface area contributed by atoms with Crippen LogP contribution >= 0.6 is 0 Å². The molecule has 1 aliphatic rings. The lowest BCUT2D eigenvalue weighted by Gasteiger charge is -2.26. The Bertz CT molecular complexity index is 550. The number of nitrogens with one attached hydrogen (secondary N) is 1. The van der Waals surface area contributed by atoms with Gasteiger partial charge in [0.2, 0.25) is 5.88 Å². The van der Waals surface area contributed by atoms with E-state index in [1.165, 1.54) is 11.1 Å². The second-order valence-electron chi connectivity index (χ2n) is 6.00. The van der Waals surface area contributed by atoms with Crippen molar-refractivity contribution in [3.8, 4) is 5.88 Å². The molecule has 7 nitrogen and oxygen atoms in total. The summed E-state index contributed by atoms with van der Waals surface area (Å²) in [6.45, 7) is 5.53. The third kappa shape index (κ3) is 4.71. The largest absolute Gasteiger partial charge is 0.468 e. The van der Waals surface area contributed by atoms with E-state index in [9.17, 15) is 9.59 Å². The van der Waals surface area contributed by atoms with Gasteiger partial charge in [0.15, 0.2) is 12.3 Å². The molecule has 1 aromatic heterocycles. The molecule has 7 heteroatoms. The number of likely N-dealkylation sites (tertiary alicyclic amines) is 1. The van der Waals surface area contributed by atoms with E-state index in [2.05, 4.69) is 10.4 Å². The lowest BCUT2D eigenvalue weighted by atomic mass is 10.1. The Morgan fingerprint density at radius 2 is 2.04 bits per heavy atom. The Balaban J connectivity index is 1.90. The number of hydrogen-bond donors (Lipinski definition) is 1. The maximum atomic E-state index is 12.1. The van der Waals surface area contributed by atoms with Crippen molar-refractivity contribution < 1.29 is 14.3 Å². The van der Waals surface area contributed by atoms with Crippen molar-refractivity contribution in [3.05, 3.63) is 11.8 Å². The summed E-state index contributed by atoms with van der Waals surface area (Å²) < 4.78 is 7.02. The second-order valence-corrected chi connectivity index (χ2v) is 6.00. The molecule has 1 N–H and O–H groups in total. The molecular formula is C16H26N4O3. The SMILES string of the molecule is CCC(C)NC(=O)c1cc(OCC(=O)N2CCCCC2)n(C)n1. The summed E-state index contributed by atoms with van der Waals surface area (Å²) in [6.07, 6.45) is 4.14. The molecule has 128 valence electrons. The van der Waals surface area contributed by atoms with Gasteiger partial charge < -0.3 is 15.0 Å². The first-order valence-electron chi connectivity index (χ1n) is 8.26. The topological polar surface area (TPSA) is 76.5 Å². The van der Waals surface area contributed by atoms with Crippen LogP contribution in [0.1, 0.15) is 50.0 Å². The van der Waals surface area contributed by atoms with E-state index >= 15 is 0 Å². The van der Waals surface area contributed by atoms with Crippen molar-refractivity contribution in [2.75, 3.05) is 19.7 Å². The van der Waals surface area contributed by atoms with Gasteiger partial charge in [0, 0.05) is 32.2 Å². The number of aryl methyl sites for hydroxylation is 1. The highest BCUT2D eigenvalue weighted by atomic mass is 16.5. The molecule has 1 saturated heterocycles. The molecule has 1 unspecified atom stereocenters. The molecule has 1 fully saturated rings. The number of nitrogens with zero attached hydrogens (tertiary/aromatic N) is 3. The van der Waals surface area contributed by atoms with Gasteiger partial charge in [-0.1, -0.05) is 6.92 Å². The van der Waals surface area contributed by atoms with Crippen LogP contribution in [0.5, 0.6) is 5.88 Å². The molecule has 1 aromatic rings. The molecule has 2 amide bonds. The second kappa shape index (κ2) is 7.99. The quantitative estimate of drug-likeness (QED) is 0.857. The van der Waals surface area contributed by atoms with Gasteiger partial charge in [0.1, 0.15) is 0 Å². The van der Waals surface area contributed by atoms with Crippen LogP contribution in [0.4, 0.5) is 0 Å². The predicted molar refractivity (Wildman–Crippen MR) is 86.4 cm³/mol. The van der Waals surface area contributed by atoms with Gasteiger partial charge in [-0.3, -0.25) is 9.59 Å². The third-order valence-corrected chi connectivity index (χ3v) is 4.11. The van der Waals surface area contributed by atoms with E-state index < -0.39 is 0 Å². The average Bonchev–Trinajstić information content (AvgIpc) is 2.94. The van der Waals surface area contributed by atoms with Gasteiger partial charge in [0.25, 0.3) is 11.8 Å². The number of carbonyl (C=O) groups is 2. The Kier molecular flexibility index (Phi) is 6.01. The smallest absolute Gasteiger partial charge is 0.272 e. The first kappa shape index (κ1) is 17.3. The molecule has 0 saturated carbocycles. The number of rotatable bonds is 6. The summed E-state index contributed by atoms with van der Waals surface area (Å²) in [5.41, 5.74) is 0.299. The van der Waals surface area contributed by atoms with E-state index in [1.54, 1.807) is 13.1 Å². The average molecular weight is 322 g/mol. The number of ether oxygens (including phenoxy) is 1. The van der Waals surface area contributed by atoms with Gasteiger partial charge in [-0.2, -0.15) is 5.10 Å². The van der Waals surface area contributed by atoms with Crippen LogP contribution in [0.3, 0.4) is 0 Å². The van der Waals surface area contributed by atoms with Crippen molar-refractivity contribution in [2.45, 2.75) is 45.6 Å². The zero-order valence-corrected chi connectivity index (χ0v) is 14.2. The highest BCUT2D eigenvalue weighted by molar-refractivity contribution is 5.92. The van der Waals surface area contributed by atoms with Gasteiger partial charge in [-0.05, 0) is 32.6 Å². The fourth-order valence-electron chi connectivity index (χ4n) is 2.47. The highest BCUT2D eigenvalue weighted by Crippen LogP contribution is 2.14. The van der Waals surface area contributed by atoms with Gasteiger partial charge in [-0.25, -0.2) is 4.68 Å². The van der Waals surface area contributed by atoms with Crippen molar-refractivity contribution in [1.82, 2.24) is 20.0 Å². The molecule has 0 spiro atoms. The predicted octanol–water partition coefficient (Wildman–Crippen LogP) is 1.34. The monoisotopic (exact) mass is 322 g/mol. The van der Waals surface area contributed by atoms with Crippen LogP contribution in [0.15, 0.2) is 6.07 Å². The molecule has 1 atom stereocenters. The third-order valence-electron chi connectivity index (χ3n) is 4.11. The van der Waals surface area contributed by atoms with Crippen LogP contribution in [-0.2, 0) is 11.8 Å². The first-order valence-corrected chi connectivity index (χ1v) is 8.26. The minimum absolute atomic E-state index is 0.0171. The number of amides is 2. The Morgan fingerprint density at radius 1 is 1.35 bits per heavy atom. The summed E-state index contributed by atoms with van der Waals surface area (Å²) in [7, 11) is 1.70. The van der Waals surface area contributed by atoms with Crippen LogP contribution < -0.4 is 10.1 Å². The van der Waals surface area contributed by atoms with Crippen molar-refractivity contribution in [2.24, 2.45) is 7.05 Å².